The second-order valence-corrected chi connectivity index (χ2v) is 4.57. The molecule has 0 bridgehead atoms. The summed E-state index contributed by atoms with van der Waals surface area (Å²) in [5.41, 5.74) is 2.23. The lowest BCUT2D eigenvalue weighted by atomic mass is 10.1. The molecule has 3 heteroatoms. The molecule has 2 rings (SSSR count). The van der Waals surface area contributed by atoms with E-state index in [-0.39, 0.29) is 18.0 Å². The van der Waals surface area contributed by atoms with Gasteiger partial charge >= 0.3 is 0 Å². The molecule has 94 valence electrons. The minimum atomic E-state index is -0.199. The lowest BCUT2D eigenvalue weighted by Crippen LogP contribution is -2.43. The molecule has 1 amide bonds. The second-order valence-electron chi connectivity index (χ2n) is 4.57. The molecule has 1 heterocycles. The normalized spacial score (nSPS) is 18.3. The first-order valence-electron chi connectivity index (χ1n) is 6.35. The van der Waals surface area contributed by atoms with E-state index in [1.54, 1.807) is 0 Å². The summed E-state index contributed by atoms with van der Waals surface area (Å²) in [5, 5.41) is 6.13. The van der Waals surface area contributed by atoms with Crippen molar-refractivity contribution in [3.05, 3.63) is 29.8 Å². The van der Waals surface area contributed by atoms with E-state index in [1.807, 2.05) is 24.3 Å². The molecule has 18 heavy (non-hydrogen) atoms. The zero-order chi connectivity index (χ0) is 13.0. The highest BCUT2D eigenvalue weighted by Gasteiger charge is 2.27. The van der Waals surface area contributed by atoms with Crippen molar-refractivity contribution in [1.82, 2.24) is 5.32 Å². The number of benzene rings is 1. The maximum atomic E-state index is 12.1. The molecule has 3 nitrogen and oxygen atoms in total. The quantitative estimate of drug-likeness (QED) is 0.792. The summed E-state index contributed by atoms with van der Waals surface area (Å²) in [6, 6.07) is 7.63. The van der Waals surface area contributed by atoms with Crippen LogP contribution in [0, 0.1) is 12.3 Å². The third-order valence-electron chi connectivity index (χ3n) is 3.18. The first-order chi connectivity index (χ1) is 8.74. The fraction of sp³-hybridized carbons (Fsp3) is 0.400. The molecule has 0 aliphatic carbocycles. The first-order valence-corrected chi connectivity index (χ1v) is 6.35. The zero-order valence-corrected chi connectivity index (χ0v) is 10.6. The highest BCUT2D eigenvalue weighted by atomic mass is 16.2. The molecular formula is C15H18N2O. The fourth-order valence-electron chi connectivity index (χ4n) is 2.21. The third-order valence-corrected chi connectivity index (χ3v) is 3.18. The SMILES string of the molecule is C#CC(CCC)NC(=O)[C@@H]1Cc2ccccc2N1. The molecule has 0 spiro atoms. The number of hydrogen-bond acceptors (Lipinski definition) is 2. The number of hydrogen-bond donors (Lipinski definition) is 2. The van der Waals surface area contributed by atoms with Crippen molar-refractivity contribution >= 4 is 11.6 Å². The predicted octanol–water partition coefficient (Wildman–Crippen LogP) is 1.94. The molecule has 1 aromatic rings. The van der Waals surface area contributed by atoms with Crippen LogP contribution in [-0.4, -0.2) is 18.0 Å². The van der Waals surface area contributed by atoms with Gasteiger partial charge in [-0.2, -0.15) is 0 Å². The Morgan fingerprint density at radius 2 is 2.39 bits per heavy atom. The van der Waals surface area contributed by atoms with Crippen LogP contribution in [0.5, 0.6) is 0 Å². The zero-order valence-electron chi connectivity index (χ0n) is 10.6. The Hall–Kier alpha value is -1.95. The van der Waals surface area contributed by atoms with Gasteiger partial charge in [-0.05, 0) is 18.1 Å². The molecular weight excluding hydrogens is 224 g/mol. The molecule has 0 saturated heterocycles. The van der Waals surface area contributed by atoms with Crippen molar-refractivity contribution in [2.75, 3.05) is 5.32 Å². The van der Waals surface area contributed by atoms with E-state index in [4.69, 9.17) is 6.42 Å². The van der Waals surface area contributed by atoms with E-state index in [1.165, 1.54) is 5.56 Å². The van der Waals surface area contributed by atoms with Gasteiger partial charge in [-0.1, -0.05) is 37.5 Å². The van der Waals surface area contributed by atoms with Crippen molar-refractivity contribution in [3.8, 4) is 12.3 Å². The van der Waals surface area contributed by atoms with Crippen molar-refractivity contribution < 1.29 is 4.79 Å². The van der Waals surface area contributed by atoms with E-state index < -0.39 is 0 Å². The van der Waals surface area contributed by atoms with E-state index in [2.05, 4.69) is 23.5 Å². The number of anilines is 1. The van der Waals surface area contributed by atoms with Gasteiger partial charge < -0.3 is 10.6 Å². The summed E-state index contributed by atoms with van der Waals surface area (Å²) in [7, 11) is 0. The Morgan fingerprint density at radius 3 is 3.06 bits per heavy atom. The molecule has 0 fully saturated rings. The van der Waals surface area contributed by atoms with Crippen LogP contribution in [-0.2, 0) is 11.2 Å². The molecule has 1 aromatic carbocycles. The van der Waals surface area contributed by atoms with Crippen molar-refractivity contribution in [2.24, 2.45) is 0 Å². The lowest BCUT2D eigenvalue weighted by Gasteiger charge is -2.16. The number of rotatable bonds is 4. The Kier molecular flexibility index (Phi) is 3.88. The van der Waals surface area contributed by atoms with Gasteiger partial charge in [-0.15, -0.1) is 6.42 Å². The Bertz CT molecular complexity index is 451. The highest BCUT2D eigenvalue weighted by molar-refractivity contribution is 5.87. The van der Waals surface area contributed by atoms with Gasteiger partial charge in [0.05, 0.1) is 6.04 Å². The van der Waals surface area contributed by atoms with Gasteiger partial charge in [0.1, 0.15) is 6.04 Å². The Morgan fingerprint density at radius 1 is 1.61 bits per heavy atom. The van der Waals surface area contributed by atoms with Gasteiger partial charge in [0.2, 0.25) is 5.91 Å². The van der Waals surface area contributed by atoms with Crippen LogP contribution in [0.3, 0.4) is 0 Å². The minimum Gasteiger partial charge on any atom is -0.373 e. The Balaban J connectivity index is 1.95. The topological polar surface area (TPSA) is 41.1 Å². The molecule has 1 unspecified atom stereocenters. The van der Waals surface area contributed by atoms with Crippen LogP contribution >= 0.6 is 0 Å². The van der Waals surface area contributed by atoms with E-state index >= 15 is 0 Å². The number of nitrogens with one attached hydrogen (secondary N) is 2. The highest BCUT2D eigenvalue weighted by Crippen LogP contribution is 2.25. The molecule has 0 radical (unpaired) electrons. The minimum absolute atomic E-state index is 0.0115. The number of para-hydroxylation sites is 1. The standard InChI is InChI=1S/C15H18N2O/c1-3-7-12(4-2)16-15(18)14-10-11-8-5-6-9-13(11)17-14/h2,5-6,8-9,12,14,17H,3,7,10H2,1H3,(H,16,18)/t12?,14-/m0/s1. The van der Waals surface area contributed by atoms with Crippen LogP contribution in [0.4, 0.5) is 5.69 Å². The summed E-state index contributed by atoms with van der Waals surface area (Å²) in [4.78, 5) is 12.1. The number of fused-ring (bicyclic) bond motifs is 1. The average molecular weight is 242 g/mol. The number of carbonyl (C=O) groups excluding carboxylic acids is 1. The number of terminal acetylenes is 1. The number of amides is 1. The van der Waals surface area contributed by atoms with Crippen LogP contribution in [0.1, 0.15) is 25.3 Å². The maximum absolute atomic E-state index is 12.1. The maximum Gasteiger partial charge on any atom is 0.243 e. The van der Waals surface area contributed by atoms with E-state index in [0.29, 0.717) is 0 Å². The second kappa shape index (κ2) is 5.59. The summed E-state index contributed by atoms with van der Waals surface area (Å²) in [6.07, 6.45) is 7.92. The predicted molar refractivity (Wildman–Crippen MR) is 73.2 cm³/mol. The number of carbonyl (C=O) groups is 1. The molecule has 2 N–H and O–H groups in total. The van der Waals surface area contributed by atoms with Crippen LogP contribution < -0.4 is 10.6 Å². The van der Waals surface area contributed by atoms with Crippen molar-refractivity contribution in [3.63, 3.8) is 0 Å². The van der Waals surface area contributed by atoms with Crippen molar-refractivity contribution in [1.29, 1.82) is 0 Å². The summed E-state index contributed by atoms with van der Waals surface area (Å²) >= 11 is 0. The van der Waals surface area contributed by atoms with Crippen molar-refractivity contribution in [2.45, 2.75) is 38.3 Å². The van der Waals surface area contributed by atoms with Gasteiger partial charge in [-0.25, -0.2) is 0 Å². The molecule has 0 aromatic heterocycles. The van der Waals surface area contributed by atoms with Gasteiger partial charge in [0.15, 0.2) is 0 Å². The van der Waals surface area contributed by atoms with Crippen LogP contribution in [0.15, 0.2) is 24.3 Å². The Labute approximate surface area is 108 Å². The van der Waals surface area contributed by atoms with E-state index in [0.717, 1.165) is 24.9 Å². The van der Waals surface area contributed by atoms with Gasteiger partial charge in [0, 0.05) is 12.1 Å². The molecule has 1 aliphatic heterocycles. The van der Waals surface area contributed by atoms with E-state index in [9.17, 15) is 4.79 Å². The molecule has 0 saturated carbocycles. The molecule has 1 aliphatic rings. The lowest BCUT2D eigenvalue weighted by molar-refractivity contribution is -0.122. The fourth-order valence-corrected chi connectivity index (χ4v) is 2.21. The summed E-state index contributed by atoms with van der Waals surface area (Å²) < 4.78 is 0. The monoisotopic (exact) mass is 242 g/mol. The summed E-state index contributed by atoms with van der Waals surface area (Å²) in [6.45, 7) is 2.06. The van der Waals surface area contributed by atoms with Crippen LogP contribution in [0.25, 0.3) is 0 Å². The van der Waals surface area contributed by atoms with Gasteiger partial charge in [0.25, 0.3) is 0 Å². The van der Waals surface area contributed by atoms with Crippen LogP contribution in [0.2, 0.25) is 0 Å². The smallest absolute Gasteiger partial charge is 0.243 e. The molecule has 2 atom stereocenters. The average Bonchev–Trinajstić information content (AvgIpc) is 2.82. The largest absolute Gasteiger partial charge is 0.373 e. The summed E-state index contributed by atoms with van der Waals surface area (Å²) in [5.74, 6) is 2.61. The van der Waals surface area contributed by atoms with Gasteiger partial charge in [-0.3, -0.25) is 4.79 Å². The third kappa shape index (κ3) is 2.65. The first kappa shape index (κ1) is 12.5.